The first-order valence-electron chi connectivity index (χ1n) is 6.90. The second-order valence-corrected chi connectivity index (χ2v) is 6.76. The Morgan fingerprint density at radius 1 is 1.32 bits per heavy atom. The van der Waals surface area contributed by atoms with E-state index in [9.17, 15) is 5.11 Å². The summed E-state index contributed by atoms with van der Waals surface area (Å²) >= 11 is 0. The van der Waals surface area contributed by atoms with Gasteiger partial charge in [-0.3, -0.25) is 0 Å². The molecule has 0 radical (unpaired) electrons. The van der Waals surface area contributed by atoms with Gasteiger partial charge in [0.05, 0.1) is 7.11 Å². The summed E-state index contributed by atoms with van der Waals surface area (Å²) in [6, 6.07) is 3.89. The van der Waals surface area contributed by atoms with Gasteiger partial charge in [-0.25, -0.2) is 0 Å². The fourth-order valence-electron chi connectivity index (χ4n) is 2.83. The van der Waals surface area contributed by atoms with Gasteiger partial charge in [0.15, 0.2) is 0 Å². The second-order valence-electron chi connectivity index (χ2n) is 6.76. The highest BCUT2D eigenvalue weighted by Gasteiger charge is 2.49. The molecule has 1 aliphatic carbocycles. The summed E-state index contributed by atoms with van der Waals surface area (Å²) in [7, 11) is 1.68. The summed E-state index contributed by atoms with van der Waals surface area (Å²) in [5.74, 6) is 1.19. The summed E-state index contributed by atoms with van der Waals surface area (Å²) in [6.45, 7) is 8.28. The number of hydrogen-bond acceptors (Lipinski definition) is 3. The first kappa shape index (κ1) is 14.2. The van der Waals surface area contributed by atoms with Crippen molar-refractivity contribution in [3.63, 3.8) is 0 Å². The summed E-state index contributed by atoms with van der Waals surface area (Å²) in [4.78, 5) is 0. The number of rotatable bonds is 3. The van der Waals surface area contributed by atoms with Crippen molar-refractivity contribution in [1.82, 2.24) is 0 Å². The molecule has 0 amide bonds. The van der Waals surface area contributed by atoms with E-state index in [0.29, 0.717) is 5.75 Å². The van der Waals surface area contributed by atoms with Gasteiger partial charge in [0.1, 0.15) is 11.5 Å². The zero-order chi connectivity index (χ0) is 14.4. The molecule has 1 aromatic carbocycles. The van der Waals surface area contributed by atoms with Crippen molar-refractivity contribution in [2.24, 2.45) is 5.73 Å². The van der Waals surface area contributed by atoms with E-state index in [-0.39, 0.29) is 16.9 Å². The molecule has 0 spiro atoms. The van der Waals surface area contributed by atoms with Crippen LogP contribution in [0.5, 0.6) is 11.5 Å². The fourth-order valence-corrected chi connectivity index (χ4v) is 2.83. The average Bonchev–Trinajstić information content (AvgIpc) is 3.08. The molecule has 3 nitrogen and oxygen atoms in total. The SMILES string of the molecule is COc1cc(C(C)(C)C)c(O)cc1C1(C(C)N)CC1. The Morgan fingerprint density at radius 2 is 1.89 bits per heavy atom. The molecule has 106 valence electrons. The lowest BCUT2D eigenvalue weighted by atomic mass is 9.82. The predicted molar refractivity (Wildman–Crippen MR) is 77.9 cm³/mol. The fraction of sp³-hybridized carbons (Fsp3) is 0.625. The van der Waals surface area contributed by atoms with Gasteiger partial charge in [-0.1, -0.05) is 20.8 Å². The Hall–Kier alpha value is -1.22. The topological polar surface area (TPSA) is 55.5 Å². The summed E-state index contributed by atoms with van der Waals surface area (Å²) in [5, 5.41) is 10.3. The molecule has 1 atom stereocenters. The Labute approximate surface area is 115 Å². The average molecular weight is 263 g/mol. The van der Waals surface area contributed by atoms with E-state index in [4.69, 9.17) is 10.5 Å². The van der Waals surface area contributed by atoms with Gasteiger partial charge < -0.3 is 15.6 Å². The molecule has 1 aliphatic rings. The molecule has 1 aromatic rings. The van der Waals surface area contributed by atoms with E-state index in [1.807, 2.05) is 19.1 Å². The molecule has 2 rings (SSSR count). The zero-order valence-corrected chi connectivity index (χ0v) is 12.6. The lowest BCUT2D eigenvalue weighted by Crippen LogP contribution is -2.32. The van der Waals surface area contributed by atoms with Crippen molar-refractivity contribution in [3.05, 3.63) is 23.3 Å². The van der Waals surface area contributed by atoms with Crippen LogP contribution in [0.4, 0.5) is 0 Å². The molecule has 3 N–H and O–H groups in total. The Kier molecular flexibility index (Phi) is 3.29. The summed E-state index contributed by atoms with van der Waals surface area (Å²) in [6.07, 6.45) is 2.13. The molecular formula is C16H25NO2. The van der Waals surface area contributed by atoms with Crippen LogP contribution in [-0.2, 0) is 10.8 Å². The van der Waals surface area contributed by atoms with Crippen molar-refractivity contribution in [2.45, 2.75) is 57.4 Å². The lowest BCUT2D eigenvalue weighted by molar-refractivity contribution is 0.389. The lowest BCUT2D eigenvalue weighted by Gasteiger charge is -2.27. The Balaban J connectivity index is 2.56. The Bertz CT molecular complexity index is 482. The number of benzene rings is 1. The van der Waals surface area contributed by atoms with Gasteiger partial charge >= 0.3 is 0 Å². The third-order valence-electron chi connectivity index (χ3n) is 4.32. The second kappa shape index (κ2) is 4.41. The number of hydrogen-bond donors (Lipinski definition) is 2. The van der Waals surface area contributed by atoms with Crippen molar-refractivity contribution >= 4 is 0 Å². The first-order valence-corrected chi connectivity index (χ1v) is 6.90. The van der Waals surface area contributed by atoms with Gasteiger partial charge in [0.25, 0.3) is 0 Å². The number of ether oxygens (including phenoxy) is 1. The molecule has 0 saturated heterocycles. The van der Waals surface area contributed by atoms with Crippen LogP contribution in [0, 0.1) is 0 Å². The van der Waals surface area contributed by atoms with Crippen LogP contribution in [0.25, 0.3) is 0 Å². The molecule has 1 saturated carbocycles. The van der Waals surface area contributed by atoms with Crippen LogP contribution >= 0.6 is 0 Å². The summed E-state index contributed by atoms with van der Waals surface area (Å²) < 4.78 is 5.55. The number of aromatic hydroxyl groups is 1. The smallest absolute Gasteiger partial charge is 0.123 e. The molecule has 1 unspecified atom stereocenters. The molecule has 0 aliphatic heterocycles. The van der Waals surface area contributed by atoms with Crippen LogP contribution in [0.15, 0.2) is 12.1 Å². The van der Waals surface area contributed by atoms with Gasteiger partial charge in [-0.05, 0) is 37.3 Å². The first-order chi connectivity index (χ1) is 8.72. The van der Waals surface area contributed by atoms with E-state index in [2.05, 4.69) is 20.8 Å². The van der Waals surface area contributed by atoms with Crippen LogP contribution in [0.2, 0.25) is 0 Å². The molecule has 1 fully saturated rings. The number of methoxy groups -OCH3 is 1. The third-order valence-corrected chi connectivity index (χ3v) is 4.32. The molecule has 19 heavy (non-hydrogen) atoms. The maximum atomic E-state index is 10.3. The van der Waals surface area contributed by atoms with Crippen molar-refractivity contribution in [2.75, 3.05) is 7.11 Å². The zero-order valence-electron chi connectivity index (χ0n) is 12.6. The van der Waals surface area contributed by atoms with Gasteiger partial charge in [0, 0.05) is 22.6 Å². The van der Waals surface area contributed by atoms with Crippen LogP contribution in [0.3, 0.4) is 0 Å². The van der Waals surface area contributed by atoms with Crippen LogP contribution in [-0.4, -0.2) is 18.3 Å². The van der Waals surface area contributed by atoms with E-state index in [0.717, 1.165) is 29.7 Å². The normalized spacial score (nSPS) is 19.1. The van der Waals surface area contributed by atoms with Gasteiger partial charge in [0.2, 0.25) is 0 Å². The highest BCUT2D eigenvalue weighted by Crippen LogP contribution is 2.54. The van der Waals surface area contributed by atoms with Crippen LogP contribution < -0.4 is 10.5 Å². The highest BCUT2D eigenvalue weighted by atomic mass is 16.5. The van der Waals surface area contributed by atoms with E-state index in [1.165, 1.54) is 0 Å². The molecule has 3 heteroatoms. The summed E-state index contributed by atoms with van der Waals surface area (Å²) in [5.41, 5.74) is 7.96. The molecule has 0 bridgehead atoms. The molecule has 0 heterocycles. The van der Waals surface area contributed by atoms with Crippen molar-refractivity contribution in [3.8, 4) is 11.5 Å². The Morgan fingerprint density at radius 3 is 2.26 bits per heavy atom. The third kappa shape index (κ3) is 2.32. The minimum Gasteiger partial charge on any atom is -0.508 e. The van der Waals surface area contributed by atoms with E-state index in [1.54, 1.807) is 7.11 Å². The van der Waals surface area contributed by atoms with Crippen molar-refractivity contribution in [1.29, 1.82) is 0 Å². The maximum Gasteiger partial charge on any atom is 0.123 e. The number of nitrogens with two attached hydrogens (primary N) is 1. The molecular weight excluding hydrogens is 238 g/mol. The minimum absolute atomic E-state index is 0.0146. The highest BCUT2D eigenvalue weighted by molar-refractivity contribution is 5.53. The van der Waals surface area contributed by atoms with Crippen molar-refractivity contribution < 1.29 is 9.84 Å². The molecule has 0 aromatic heterocycles. The maximum absolute atomic E-state index is 10.3. The van der Waals surface area contributed by atoms with Crippen LogP contribution in [0.1, 0.15) is 51.7 Å². The standard InChI is InChI=1S/C16H25NO2/c1-10(17)16(6-7-16)12-8-13(18)11(15(2,3)4)9-14(12)19-5/h8-10,18H,6-7,17H2,1-5H3. The quantitative estimate of drug-likeness (QED) is 0.881. The predicted octanol–water partition coefficient (Wildman–Crippen LogP) is 3.08. The number of phenolic OH excluding ortho intramolecular Hbond substituents is 1. The largest absolute Gasteiger partial charge is 0.508 e. The number of phenols is 1. The van der Waals surface area contributed by atoms with E-state index < -0.39 is 0 Å². The van der Waals surface area contributed by atoms with Gasteiger partial charge in [-0.15, -0.1) is 0 Å². The monoisotopic (exact) mass is 263 g/mol. The minimum atomic E-state index is -0.110. The van der Waals surface area contributed by atoms with Gasteiger partial charge in [-0.2, -0.15) is 0 Å². The van der Waals surface area contributed by atoms with E-state index >= 15 is 0 Å².